The zero-order valence-corrected chi connectivity index (χ0v) is 15.1. The van der Waals surface area contributed by atoms with Crippen LogP contribution in [0, 0.1) is 5.92 Å². The normalized spacial score (nSPS) is 14.0. The lowest BCUT2D eigenvalue weighted by Crippen LogP contribution is -2.39. The number of ether oxygens (including phenoxy) is 1. The van der Waals surface area contributed by atoms with E-state index in [0.717, 1.165) is 11.3 Å². The van der Waals surface area contributed by atoms with Crippen LogP contribution in [0.5, 0.6) is 0 Å². The van der Waals surface area contributed by atoms with Gasteiger partial charge in [0.1, 0.15) is 5.60 Å². The zero-order chi connectivity index (χ0) is 17.6. The highest BCUT2D eigenvalue weighted by Gasteiger charge is 2.27. The number of rotatable bonds is 6. The van der Waals surface area contributed by atoms with Crippen molar-refractivity contribution in [3.63, 3.8) is 0 Å². The molecule has 4 heteroatoms. The fourth-order valence-corrected chi connectivity index (χ4v) is 2.33. The van der Waals surface area contributed by atoms with Gasteiger partial charge in [0.25, 0.3) is 0 Å². The van der Waals surface area contributed by atoms with Crippen molar-refractivity contribution in [3.05, 3.63) is 41.5 Å². The summed E-state index contributed by atoms with van der Waals surface area (Å²) in [5.41, 5.74) is 7.76. The summed E-state index contributed by atoms with van der Waals surface area (Å²) in [6.07, 6.45) is 1.84. The maximum Gasteiger partial charge on any atom is 0.335 e. The molecule has 0 heterocycles. The van der Waals surface area contributed by atoms with E-state index in [-0.39, 0.29) is 17.9 Å². The van der Waals surface area contributed by atoms with Crippen LogP contribution in [0.2, 0.25) is 0 Å². The summed E-state index contributed by atoms with van der Waals surface area (Å²) in [5, 5.41) is 3.46. The molecule has 0 bridgehead atoms. The van der Waals surface area contributed by atoms with E-state index >= 15 is 0 Å². The molecule has 0 aliphatic carbocycles. The summed E-state index contributed by atoms with van der Waals surface area (Å²) in [4.78, 5) is 12.4. The highest BCUT2D eigenvalue weighted by molar-refractivity contribution is 5.90. The van der Waals surface area contributed by atoms with Crippen molar-refractivity contribution in [2.75, 3.05) is 5.73 Å². The molecule has 4 nitrogen and oxygen atoms in total. The Morgan fingerprint density at radius 3 is 2.26 bits per heavy atom. The Morgan fingerprint density at radius 1 is 1.26 bits per heavy atom. The Balaban J connectivity index is 2.83. The molecule has 0 radical (unpaired) electrons. The maximum absolute atomic E-state index is 12.4. The standard InChI is InChI=1S/C19H30N2O2/c1-7-16(18(22)23-19(4,5)6)17(13(2)3)21-12-14-8-10-15(20)11-9-14/h7-11,13,17,21H,12,20H2,1-6H3/b16-7+/t17-/m1/s1. The number of allylic oxidation sites excluding steroid dienone is 1. The first-order chi connectivity index (χ1) is 10.6. The minimum atomic E-state index is -0.496. The largest absolute Gasteiger partial charge is 0.457 e. The molecule has 0 unspecified atom stereocenters. The van der Waals surface area contributed by atoms with E-state index in [2.05, 4.69) is 19.2 Å². The van der Waals surface area contributed by atoms with Crippen LogP contribution in [-0.4, -0.2) is 17.6 Å². The summed E-state index contributed by atoms with van der Waals surface area (Å²) in [6.45, 7) is 12.4. The first kappa shape index (κ1) is 19.2. The van der Waals surface area contributed by atoms with Gasteiger partial charge in [-0.15, -0.1) is 0 Å². The highest BCUT2D eigenvalue weighted by atomic mass is 16.6. The Morgan fingerprint density at radius 2 is 1.83 bits per heavy atom. The predicted octanol–water partition coefficient (Wildman–Crippen LogP) is 3.67. The maximum atomic E-state index is 12.4. The molecule has 0 aliphatic heterocycles. The van der Waals surface area contributed by atoms with Gasteiger partial charge in [0.15, 0.2) is 0 Å². The Bertz CT molecular complexity index is 539. The second kappa shape index (κ2) is 8.16. The van der Waals surface area contributed by atoms with Crippen LogP contribution in [0.4, 0.5) is 5.69 Å². The molecule has 1 atom stereocenters. The predicted molar refractivity (Wildman–Crippen MR) is 95.9 cm³/mol. The van der Waals surface area contributed by atoms with Crippen LogP contribution >= 0.6 is 0 Å². The summed E-state index contributed by atoms with van der Waals surface area (Å²) < 4.78 is 5.53. The lowest BCUT2D eigenvalue weighted by atomic mass is 9.95. The number of hydrogen-bond acceptors (Lipinski definition) is 4. The SMILES string of the molecule is C/C=C(/C(=O)OC(C)(C)C)[C@H](NCc1ccc(N)cc1)C(C)C. The average molecular weight is 318 g/mol. The van der Waals surface area contributed by atoms with Gasteiger partial charge >= 0.3 is 5.97 Å². The van der Waals surface area contributed by atoms with Gasteiger partial charge in [-0.2, -0.15) is 0 Å². The summed E-state index contributed by atoms with van der Waals surface area (Å²) in [7, 11) is 0. The lowest BCUT2D eigenvalue weighted by molar-refractivity contribution is -0.150. The molecule has 0 saturated heterocycles. The van der Waals surface area contributed by atoms with E-state index in [1.807, 2.05) is 58.0 Å². The number of nitrogen functional groups attached to an aromatic ring is 1. The molecule has 1 aromatic carbocycles. The summed E-state index contributed by atoms with van der Waals surface area (Å²) in [5.74, 6) is 0.00556. The number of nitrogens with two attached hydrogens (primary N) is 1. The Hall–Kier alpha value is -1.81. The summed E-state index contributed by atoms with van der Waals surface area (Å²) in [6, 6.07) is 7.68. The number of carbonyl (C=O) groups is 1. The third-order valence-electron chi connectivity index (χ3n) is 3.45. The van der Waals surface area contributed by atoms with Crippen molar-refractivity contribution < 1.29 is 9.53 Å². The molecular formula is C19H30N2O2. The van der Waals surface area contributed by atoms with Crippen molar-refractivity contribution >= 4 is 11.7 Å². The molecule has 1 aromatic rings. The van der Waals surface area contributed by atoms with E-state index in [4.69, 9.17) is 10.5 Å². The smallest absolute Gasteiger partial charge is 0.335 e. The number of carbonyl (C=O) groups excluding carboxylic acids is 1. The van der Waals surface area contributed by atoms with Crippen molar-refractivity contribution in [3.8, 4) is 0 Å². The number of anilines is 1. The minimum Gasteiger partial charge on any atom is -0.457 e. The van der Waals surface area contributed by atoms with Gasteiger partial charge in [-0.05, 0) is 51.3 Å². The third kappa shape index (κ3) is 6.45. The quantitative estimate of drug-likeness (QED) is 0.477. The summed E-state index contributed by atoms with van der Waals surface area (Å²) >= 11 is 0. The van der Waals surface area contributed by atoms with Gasteiger partial charge in [-0.1, -0.05) is 32.1 Å². The second-order valence-corrected chi connectivity index (χ2v) is 7.09. The first-order valence-electron chi connectivity index (χ1n) is 8.11. The van der Waals surface area contributed by atoms with E-state index in [9.17, 15) is 4.79 Å². The van der Waals surface area contributed by atoms with Gasteiger partial charge in [0, 0.05) is 18.3 Å². The fraction of sp³-hybridized carbons (Fsp3) is 0.526. The molecule has 0 spiro atoms. The number of nitrogens with one attached hydrogen (secondary N) is 1. The third-order valence-corrected chi connectivity index (χ3v) is 3.45. The lowest BCUT2D eigenvalue weighted by Gasteiger charge is -2.27. The molecule has 3 N–H and O–H groups in total. The molecule has 1 rings (SSSR count). The van der Waals surface area contributed by atoms with Gasteiger partial charge in [-0.25, -0.2) is 4.79 Å². The second-order valence-electron chi connectivity index (χ2n) is 7.09. The topological polar surface area (TPSA) is 64.3 Å². The molecule has 23 heavy (non-hydrogen) atoms. The van der Waals surface area contributed by atoms with Crippen LogP contribution in [0.1, 0.15) is 47.1 Å². The van der Waals surface area contributed by atoms with Crippen LogP contribution < -0.4 is 11.1 Å². The number of hydrogen-bond donors (Lipinski definition) is 2. The van der Waals surface area contributed by atoms with E-state index in [0.29, 0.717) is 12.1 Å². The van der Waals surface area contributed by atoms with Gasteiger partial charge in [0.05, 0.1) is 5.57 Å². The van der Waals surface area contributed by atoms with Crippen LogP contribution in [0.25, 0.3) is 0 Å². The van der Waals surface area contributed by atoms with E-state index < -0.39 is 5.60 Å². The van der Waals surface area contributed by atoms with E-state index in [1.54, 1.807) is 0 Å². The first-order valence-corrected chi connectivity index (χ1v) is 8.11. The van der Waals surface area contributed by atoms with E-state index in [1.165, 1.54) is 0 Å². The van der Waals surface area contributed by atoms with Crippen LogP contribution in [0.15, 0.2) is 35.9 Å². The minimum absolute atomic E-state index is 0.0626. The highest BCUT2D eigenvalue weighted by Crippen LogP contribution is 2.19. The van der Waals surface area contributed by atoms with Crippen molar-refractivity contribution in [2.24, 2.45) is 5.92 Å². The molecule has 0 amide bonds. The molecule has 0 aromatic heterocycles. The van der Waals surface area contributed by atoms with Gasteiger partial charge in [0.2, 0.25) is 0 Å². The van der Waals surface area contributed by atoms with Crippen molar-refractivity contribution in [1.82, 2.24) is 5.32 Å². The van der Waals surface area contributed by atoms with Crippen molar-refractivity contribution in [2.45, 2.75) is 59.7 Å². The molecular weight excluding hydrogens is 288 g/mol. The molecule has 0 fully saturated rings. The van der Waals surface area contributed by atoms with Crippen LogP contribution in [-0.2, 0) is 16.1 Å². The molecule has 0 saturated carbocycles. The van der Waals surface area contributed by atoms with Crippen LogP contribution in [0.3, 0.4) is 0 Å². The molecule has 0 aliphatic rings. The monoisotopic (exact) mass is 318 g/mol. The number of benzene rings is 1. The average Bonchev–Trinajstić information content (AvgIpc) is 2.42. The Labute approximate surface area is 140 Å². The number of esters is 1. The van der Waals surface area contributed by atoms with Gasteiger partial charge < -0.3 is 15.8 Å². The molecule has 128 valence electrons. The van der Waals surface area contributed by atoms with Gasteiger partial charge in [-0.3, -0.25) is 0 Å². The van der Waals surface area contributed by atoms with Crippen molar-refractivity contribution in [1.29, 1.82) is 0 Å². The Kier molecular flexibility index (Phi) is 6.82. The fourth-order valence-electron chi connectivity index (χ4n) is 2.33. The zero-order valence-electron chi connectivity index (χ0n) is 15.1.